The third-order valence-electron chi connectivity index (χ3n) is 4.46. The topological polar surface area (TPSA) is 42.4 Å². The van der Waals surface area contributed by atoms with Crippen LogP contribution in [0.2, 0.25) is 0 Å². The molecule has 126 valence electrons. The second-order valence-corrected chi connectivity index (χ2v) is 6.37. The SMILES string of the molecule is Cc1cccc(OC2CCN(C(=O)CCc3ccncc3)CC2)c1. The fraction of sp³-hybridized carbons (Fsp3) is 0.400. The lowest BCUT2D eigenvalue weighted by atomic mass is 10.1. The number of aromatic nitrogens is 1. The lowest BCUT2D eigenvalue weighted by Crippen LogP contribution is -2.41. The van der Waals surface area contributed by atoms with Crippen molar-refractivity contribution in [2.24, 2.45) is 0 Å². The highest BCUT2D eigenvalue weighted by atomic mass is 16.5. The van der Waals surface area contributed by atoms with Gasteiger partial charge in [-0.3, -0.25) is 9.78 Å². The minimum absolute atomic E-state index is 0.205. The van der Waals surface area contributed by atoms with Crippen LogP contribution in [0, 0.1) is 6.92 Å². The molecule has 0 aliphatic carbocycles. The fourth-order valence-electron chi connectivity index (χ4n) is 3.06. The van der Waals surface area contributed by atoms with E-state index in [0.29, 0.717) is 6.42 Å². The second-order valence-electron chi connectivity index (χ2n) is 6.37. The Balaban J connectivity index is 1.43. The van der Waals surface area contributed by atoms with Crippen molar-refractivity contribution in [3.8, 4) is 5.75 Å². The molecule has 0 radical (unpaired) electrons. The number of amides is 1. The van der Waals surface area contributed by atoms with Crippen LogP contribution in [0.5, 0.6) is 5.75 Å². The summed E-state index contributed by atoms with van der Waals surface area (Å²) < 4.78 is 6.05. The monoisotopic (exact) mass is 324 g/mol. The van der Waals surface area contributed by atoms with Gasteiger partial charge in [-0.15, -0.1) is 0 Å². The number of nitrogens with zero attached hydrogens (tertiary/aromatic N) is 2. The molecule has 0 bridgehead atoms. The van der Waals surface area contributed by atoms with E-state index in [1.807, 2.05) is 29.2 Å². The number of aryl methyl sites for hydroxylation is 2. The summed E-state index contributed by atoms with van der Waals surface area (Å²) >= 11 is 0. The first-order valence-electron chi connectivity index (χ1n) is 8.61. The Bertz CT molecular complexity index is 664. The Morgan fingerprint density at radius 3 is 2.67 bits per heavy atom. The third-order valence-corrected chi connectivity index (χ3v) is 4.46. The van der Waals surface area contributed by atoms with E-state index in [2.05, 4.69) is 24.0 Å². The van der Waals surface area contributed by atoms with Crippen LogP contribution < -0.4 is 4.74 Å². The Hall–Kier alpha value is -2.36. The zero-order valence-corrected chi connectivity index (χ0v) is 14.1. The third kappa shape index (κ3) is 4.57. The van der Waals surface area contributed by atoms with Crippen molar-refractivity contribution in [1.82, 2.24) is 9.88 Å². The van der Waals surface area contributed by atoms with Crippen molar-refractivity contribution < 1.29 is 9.53 Å². The molecule has 1 aromatic heterocycles. The number of ether oxygens (including phenoxy) is 1. The first-order chi connectivity index (χ1) is 11.7. The Kier molecular flexibility index (Phi) is 5.47. The van der Waals surface area contributed by atoms with Crippen molar-refractivity contribution >= 4 is 5.91 Å². The number of benzene rings is 1. The molecule has 0 N–H and O–H groups in total. The molecule has 0 unspecified atom stereocenters. The van der Waals surface area contributed by atoms with Gasteiger partial charge in [-0.1, -0.05) is 12.1 Å². The van der Waals surface area contributed by atoms with E-state index < -0.39 is 0 Å². The standard InChI is InChI=1S/C20H24N2O2/c1-16-3-2-4-19(15-16)24-18-9-13-22(14-10-18)20(23)6-5-17-7-11-21-12-8-17/h2-4,7-8,11-12,15,18H,5-6,9-10,13-14H2,1H3. The van der Waals surface area contributed by atoms with Crippen LogP contribution >= 0.6 is 0 Å². The fourth-order valence-corrected chi connectivity index (χ4v) is 3.06. The van der Waals surface area contributed by atoms with Crippen LogP contribution in [-0.4, -0.2) is 35.0 Å². The molecule has 2 heterocycles. The van der Waals surface area contributed by atoms with Gasteiger partial charge in [0.2, 0.25) is 5.91 Å². The molecule has 1 amide bonds. The molecule has 3 rings (SSSR count). The van der Waals surface area contributed by atoms with Gasteiger partial charge in [-0.25, -0.2) is 0 Å². The highest BCUT2D eigenvalue weighted by Crippen LogP contribution is 2.20. The summed E-state index contributed by atoms with van der Waals surface area (Å²) in [7, 11) is 0. The number of hydrogen-bond donors (Lipinski definition) is 0. The number of piperidine rings is 1. The zero-order valence-electron chi connectivity index (χ0n) is 14.1. The maximum Gasteiger partial charge on any atom is 0.222 e. The lowest BCUT2D eigenvalue weighted by molar-refractivity contribution is -0.132. The summed E-state index contributed by atoms with van der Waals surface area (Å²) in [6.07, 6.45) is 6.89. The predicted molar refractivity (Wildman–Crippen MR) is 94.0 cm³/mol. The molecule has 0 saturated carbocycles. The first kappa shape index (κ1) is 16.5. The molecule has 2 aromatic rings. The van der Waals surface area contributed by atoms with Crippen LogP contribution in [0.4, 0.5) is 0 Å². The van der Waals surface area contributed by atoms with Crippen LogP contribution in [0.3, 0.4) is 0 Å². The molecule has 1 fully saturated rings. The van der Waals surface area contributed by atoms with Gasteiger partial charge in [-0.2, -0.15) is 0 Å². The van der Waals surface area contributed by atoms with Crippen LogP contribution in [0.1, 0.15) is 30.4 Å². The maximum atomic E-state index is 12.4. The maximum absolute atomic E-state index is 12.4. The summed E-state index contributed by atoms with van der Waals surface area (Å²) in [6.45, 7) is 3.63. The Morgan fingerprint density at radius 1 is 1.21 bits per heavy atom. The average Bonchev–Trinajstić information content (AvgIpc) is 2.61. The highest BCUT2D eigenvalue weighted by molar-refractivity contribution is 5.76. The molecule has 0 spiro atoms. The summed E-state index contributed by atoms with van der Waals surface area (Å²) in [5, 5.41) is 0. The molecular weight excluding hydrogens is 300 g/mol. The number of carbonyl (C=O) groups is 1. The van der Waals surface area contributed by atoms with Crippen LogP contribution in [0.25, 0.3) is 0 Å². The quantitative estimate of drug-likeness (QED) is 0.846. The molecule has 1 saturated heterocycles. The van der Waals surface area contributed by atoms with Crippen LogP contribution in [0.15, 0.2) is 48.8 Å². The molecule has 0 atom stereocenters. The largest absolute Gasteiger partial charge is 0.490 e. The van der Waals surface area contributed by atoms with E-state index in [4.69, 9.17) is 4.74 Å². The van der Waals surface area contributed by atoms with Gasteiger partial charge in [0, 0.05) is 44.7 Å². The zero-order chi connectivity index (χ0) is 16.8. The normalized spacial score (nSPS) is 15.3. The summed E-state index contributed by atoms with van der Waals surface area (Å²) in [6, 6.07) is 12.1. The molecule has 1 aromatic carbocycles. The second kappa shape index (κ2) is 7.95. The van der Waals surface area contributed by atoms with Crippen molar-refractivity contribution in [1.29, 1.82) is 0 Å². The van der Waals surface area contributed by atoms with Gasteiger partial charge in [0.1, 0.15) is 11.9 Å². The van der Waals surface area contributed by atoms with Gasteiger partial charge in [0.15, 0.2) is 0 Å². The summed E-state index contributed by atoms with van der Waals surface area (Å²) in [4.78, 5) is 18.3. The van der Waals surface area contributed by atoms with E-state index in [1.54, 1.807) is 12.4 Å². The Labute approximate surface area is 143 Å². The van der Waals surface area contributed by atoms with Gasteiger partial charge in [-0.05, 0) is 48.7 Å². The highest BCUT2D eigenvalue weighted by Gasteiger charge is 2.23. The van der Waals surface area contributed by atoms with Gasteiger partial charge < -0.3 is 9.64 Å². The van der Waals surface area contributed by atoms with E-state index in [9.17, 15) is 4.79 Å². The van der Waals surface area contributed by atoms with Gasteiger partial charge >= 0.3 is 0 Å². The molecule has 4 heteroatoms. The molecule has 4 nitrogen and oxygen atoms in total. The van der Waals surface area contributed by atoms with E-state index in [-0.39, 0.29) is 12.0 Å². The summed E-state index contributed by atoms with van der Waals surface area (Å²) in [5.74, 6) is 1.17. The van der Waals surface area contributed by atoms with Crippen molar-refractivity contribution in [3.63, 3.8) is 0 Å². The minimum Gasteiger partial charge on any atom is -0.490 e. The number of rotatable bonds is 5. The lowest BCUT2D eigenvalue weighted by Gasteiger charge is -2.32. The average molecular weight is 324 g/mol. The number of likely N-dealkylation sites (tertiary alicyclic amines) is 1. The molecule has 24 heavy (non-hydrogen) atoms. The van der Waals surface area contributed by atoms with E-state index in [0.717, 1.165) is 43.7 Å². The molecule has 1 aliphatic heterocycles. The van der Waals surface area contributed by atoms with Crippen molar-refractivity contribution in [2.45, 2.75) is 38.7 Å². The first-order valence-corrected chi connectivity index (χ1v) is 8.61. The van der Waals surface area contributed by atoms with E-state index in [1.165, 1.54) is 5.56 Å². The number of pyridine rings is 1. The number of hydrogen-bond acceptors (Lipinski definition) is 3. The van der Waals surface area contributed by atoms with Gasteiger partial charge in [0.05, 0.1) is 0 Å². The van der Waals surface area contributed by atoms with Crippen molar-refractivity contribution in [3.05, 3.63) is 59.9 Å². The molecule has 1 aliphatic rings. The summed E-state index contributed by atoms with van der Waals surface area (Å²) in [5.41, 5.74) is 2.37. The van der Waals surface area contributed by atoms with Crippen LogP contribution in [-0.2, 0) is 11.2 Å². The minimum atomic E-state index is 0.205. The smallest absolute Gasteiger partial charge is 0.222 e. The predicted octanol–water partition coefficient (Wildman–Crippen LogP) is 3.39. The van der Waals surface area contributed by atoms with E-state index >= 15 is 0 Å². The van der Waals surface area contributed by atoms with Gasteiger partial charge in [0.25, 0.3) is 0 Å². The van der Waals surface area contributed by atoms with Crippen molar-refractivity contribution in [2.75, 3.05) is 13.1 Å². The number of carbonyl (C=O) groups excluding carboxylic acids is 1. The Morgan fingerprint density at radius 2 is 1.96 bits per heavy atom. The molecular formula is C20H24N2O2.